The number of aromatic nitrogens is 1. The lowest BCUT2D eigenvalue weighted by Crippen LogP contribution is -2.36. The minimum Gasteiger partial charge on any atom is -0.479 e. The summed E-state index contributed by atoms with van der Waals surface area (Å²) >= 11 is 1.38. The van der Waals surface area contributed by atoms with Crippen molar-refractivity contribution in [2.45, 2.75) is 18.9 Å². The third-order valence-electron chi connectivity index (χ3n) is 1.90. The van der Waals surface area contributed by atoms with E-state index in [1.165, 1.54) is 18.3 Å². The molecule has 2 N–H and O–H groups in total. The van der Waals surface area contributed by atoms with Gasteiger partial charge < -0.3 is 15.1 Å². The molecule has 6 heteroatoms. The van der Waals surface area contributed by atoms with E-state index in [1.807, 2.05) is 19.0 Å². The number of hydrogen-bond donors (Lipinski definition) is 2. The first-order valence-corrected chi connectivity index (χ1v) is 5.22. The van der Waals surface area contributed by atoms with Crippen molar-refractivity contribution in [2.75, 3.05) is 19.0 Å². The standard InChI is InChI=1S/C9H14N2O3S/c1-9(14,7(12)13)4-6-5-10-8(15-6)11(2)3/h5,14H,4H2,1-3H3,(H,12,13). The first-order chi connectivity index (χ1) is 6.83. The summed E-state index contributed by atoms with van der Waals surface area (Å²) < 4.78 is 0. The van der Waals surface area contributed by atoms with Crippen LogP contribution in [0.1, 0.15) is 11.8 Å². The number of thiazole rings is 1. The Labute approximate surface area is 92.0 Å². The number of rotatable bonds is 4. The van der Waals surface area contributed by atoms with E-state index in [0.29, 0.717) is 0 Å². The summed E-state index contributed by atoms with van der Waals surface area (Å²) in [6, 6.07) is 0. The molecule has 1 heterocycles. The maximum atomic E-state index is 10.7. The number of nitrogens with zero attached hydrogens (tertiary/aromatic N) is 2. The van der Waals surface area contributed by atoms with Gasteiger partial charge in [-0.05, 0) is 6.92 Å². The lowest BCUT2D eigenvalue weighted by Gasteiger charge is -2.15. The van der Waals surface area contributed by atoms with Crippen LogP contribution in [0, 0.1) is 0 Å². The van der Waals surface area contributed by atoms with E-state index in [2.05, 4.69) is 4.98 Å². The molecule has 0 amide bonds. The van der Waals surface area contributed by atoms with Crippen molar-refractivity contribution in [3.05, 3.63) is 11.1 Å². The van der Waals surface area contributed by atoms with Crippen molar-refractivity contribution in [3.63, 3.8) is 0 Å². The largest absolute Gasteiger partial charge is 0.479 e. The first-order valence-electron chi connectivity index (χ1n) is 4.41. The number of carbonyl (C=O) groups is 1. The zero-order valence-corrected chi connectivity index (χ0v) is 9.71. The van der Waals surface area contributed by atoms with E-state index < -0.39 is 11.6 Å². The van der Waals surface area contributed by atoms with Gasteiger partial charge >= 0.3 is 5.97 Å². The van der Waals surface area contributed by atoms with Crippen molar-refractivity contribution in [1.82, 2.24) is 4.98 Å². The molecule has 84 valence electrons. The Morgan fingerprint density at radius 3 is 2.67 bits per heavy atom. The molecule has 0 aliphatic rings. The number of anilines is 1. The lowest BCUT2D eigenvalue weighted by molar-refractivity contribution is -0.156. The van der Waals surface area contributed by atoms with Gasteiger partial charge in [-0.3, -0.25) is 0 Å². The summed E-state index contributed by atoms with van der Waals surface area (Å²) in [5, 5.41) is 19.1. The van der Waals surface area contributed by atoms with Gasteiger partial charge in [-0.25, -0.2) is 9.78 Å². The minimum absolute atomic E-state index is 0.0772. The van der Waals surface area contributed by atoms with Gasteiger partial charge in [-0.1, -0.05) is 0 Å². The van der Waals surface area contributed by atoms with E-state index in [0.717, 1.165) is 10.0 Å². The predicted octanol–water partition coefficient (Wildman–Crippen LogP) is 0.587. The Hall–Kier alpha value is -1.14. The molecule has 0 bridgehead atoms. The molecular formula is C9H14N2O3S. The number of carboxylic acid groups (broad SMARTS) is 1. The van der Waals surface area contributed by atoms with Crippen LogP contribution in [0.5, 0.6) is 0 Å². The lowest BCUT2D eigenvalue weighted by atomic mass is 10.0. The van der Waals surface area contributed by atoms with E-state index in [4.69, 9.17) is 5.11 Å². The maximum absolute atomic E-state index is 10.7. The summed E-state index contributed by atoms with van der Waals surface area (Å²) in [6.45, 7) is 1.28. The van der Waals surface area contributed by atoms with Gasteiger partial charge in [0.05, 0.1) is 0 Å². The second-order valence-electron chi connectivity index (χ2n) is 3.76. The van der Waals surface area contributed by atoms with Crippen LogP contribution in [0.15, 0.2) is 6.20 Å². The molecule has 0 saturated heterocycles. The van der Waals surface area contributed by atoms with E-state index >= 15 is 0 Å². The number of hydrogen-bond acceptors (Lipinski definition) is 5. The van der Waals surface area contributed by atoms with E-state index in [-0.39, 0.29) is 6.42 Å². The van der Waals surface area contributed by atoms with Gasteiger partial charge in [0, 0.05) is 31.6 Å². The number of aliphatic carboxylic acids is 1. The Morgan fingerprint density at radius 2 is 2.27 bits per heavy atom. The average Bonchev–Trinajstić information content (AvgIpc) is 2.51. The van der Waals surface area contributed by atoms with Crippen LogP contribution < -0.4 is 4.90 Å². The molecule has 1 rings (SSSR count). The van der Waals surface area contributed by atoms with Crippen molar-refractivity contribution in [3.8, 4) is 0 Å². The van der Waals surface area contributed by atoms with Crippen molar-refractivity contribution < 1.29 is 15.0 Å². The van der Waals surface area contributed by atoms with Gasteiger partial charge in [0.1, 0.15) is 0 Å². The molecule has 0 fully saturated rings. The number of aliphatic hydroxyl groups is 1. The fraction of sp³-hybridized carbons (Fsp3) is 0.556. The Balaban J connectivity index is 2.77. The SMILES string of the molecule is CN(C)c1ncc(CC(C)(O)C(=O)O)s1. The molecule has 1 aromatic rings. The van der Waals surface area contributed by atoms with Crippen LogP contribution in [0.2, 0.25) is 0 Å². The molecule has 5 nitrogen and oxygen atoms in total. The van der Waals surface area contributed by atoms with Crippen LogP contribution in [-0.2, 0) is 11.2 Å². The highest BCUT2D eigenvalue weighted by Crippen LogP contribution is 2.24. The van der Waals surface area contributed by atoms with Crippen LogP contribution >= 0.6 is 11.3 Å². The summed E-state index contributed by atoms with van der Waals surface area (Å²) in [5.74, 6) is -1.22. The van der Waals surface area contributed by atoms with Gasteiger partial charge in [0.15, 0.2) is 10.7 Å². The molecule has 0 radical (unpaired) electrons. The summed E-state index contributed by atoms with van der Waals surface area (Å²) in [5.41, 5.74) is -1.73. The molecule has 15 heavy (non-hydrogen) atoms. The van der Waals surface area contributed by atoms with Gasteiger partial charge in [-0.15, -0.1) is 11.3 Å². The third-order valence-corrected chi connectivity index (χ3v) is 3.07. The van der Waals surface area contributed by atoms with Crippen molar-refractivity contribution in [1.29, 1.82) is 0 Å². The maximum Gasteiger partial charge on any atom is 0.335 e. The predicted molar refractivity (Wildman–Crippen MR) is 58.4 cm³/mol. The molecule has 1 aromatic heterocycles. The van der Waals surface area contributed by atoms with Crippen molar-refractivity contribution in [2.24, 2.45) is 0 Å². The number of carboxylic acids is 1. The average molecular weight is 230 g/mol. The van der Waals surface area contributed by atoms with Crippen molar-refractivity contribution >= 4 is 22.4 Å². The fourth-order valence-corrected chi connectivity index (χ4v) is 1.98. The molecule has 0 aliphatic carbocycles. The van der Waals surface area contributed by atoms with Gasteiger partial charge in [0.2, 0.25) is 0 Å². The molecule has 0 aliphatic heterocycles. The smallest absolute Gasteiger partial charge is 0.335 e. The molecule has 0 saturated carbocycles. The van der Waals surface area contributed by atoms with Crippen LogP contribution in [0.3, 0.4) is 0 Å². The Bertz CT molecular complexity index is 360. The molecular weight excluding hydrogens is 216 g/mol. The summed E-state index contributed by atoms with van der Waals surface area (Å²) in [7, 11) is 3.72. The molecule has 1 unspecified atom stereocenters. The highest BCUT2D eigenvalue weighted by atomic mass is 32.1. The highest BCUT2D eigenvalue weighted by molar-refractivity contribution is 7.15. The topological polar surface area (TPSA) is 73.7 Å². The fourth-order valence-electron chi connectivity index (χ4n) is 1.00. The zero-order chi connectivity index (χ0) is 11.6. The summed E-state index contributed by atoms with van der Waals surface area (Å²) in [6.07, 6.45) is 1.67. The van der Waals surface area contributed by atoms with Crippen LogP contribution in [0.25, 0.3) is 0 Å². The monoisotopic (exact) mass is 230 g/mol. The molecule has 0 aromatic carbocycles. The van der Waals surface area contributed by atoms with E-state index in [9.17, 15) is 9.90 Å². The second kappa shape index (κ2) is 4.16. The Kier molecular flexibility index (Phi) is 3.31. The van der Waals surface area contributed by atoms with Crippen LogP contribution in [-0.4, -0.2) is 40.9 Å². The quantitative estimate of drug-likeness (QED) is 0.791. The normalized spacial score (nSPS) is 14.7. The first kappa shape index (κ1) is 11.9. The zero-order valence-electron chi connectivity index (χ0n) is 8.89. The molecule has 0 spiro atoms. The van der Waals surface area contributed by atoms with Crippen LogP contribution in [0.4, 0.5) is 5.13 Å². The minimum atomic E-state index is -1.73. The highest BCUT2D eigenvalue weighted by Gasteiger charge is 2.30. The second-order valence-corrected chi connectivity index (χ2v) is 4.85. The Morgan fingerprint density at radius 1 is 1.67 bits per heavy atom. The summed E-state index contributed by atoms with van der Waals surface area (Å²) in [4.78, 5) is 17.4. The van der Waals surface area contributed by atoms with Gasteiger partial charge in [-0.2, -0.15) is 0 Å². The van der Waals surface area contributed by atoms with E-state index in [1.54, 1.807) is 6.20 Å². The van der Waals surface area contributed by atoms with Gasteiger partial charge in [0.25, 0.3) is 0 Å². The molecule has 1 atom stereocenters. The third kappa shape index (κ3) is 2.90.